The average Bonchev–Trinajstić information content (AvgIpc) is 2.67. The summed E-state index contributed by atoms with van der Waals surface area (Å²) in [5, 5.41) is 0. The Bertz CT molecular complexity index is 860. The Morgan fingerprint density at radius 3 is 2.38 bits per heavy atom. The zero-order valence-electron chi connectivity index (χ0n) is 13.1. The highest BCUT2D eigenvalue weighted by molar-refractivity contribution is 7.98. The highest BCUT2D eigenvalue weighted by atomic mass is 32.2. The first-order chi connectivity index (χ1) is 11.9. The second-order valence-corrected chi connectivity index (χ2v) is 6.65. The van der Waals surface area contributed by atoms with E-state index in [9.17, 15) is 0 Å². The molecule has 2 nitrogen and oxygen atoms in total. The van der Waals surface area contributed by atoms with Crippen molar-refractivity contribution in [2.24, 2.45) is 0 Å². The van der Waals surface area contributed by atoms with Gasteiger partial charge in [-0.25, -0.2) is 5.48 Å². The molecule has 0 radical (unpaired) electrons. The topological polar surface area (TPSA) is 21.3 Å². The van der Waals surface area contributed by atoms with Crippen molar-refractivity contribution in [1.82, 2.24) is 5.48 Å². The van der Waals surface area contributed by atoms with Gasteiger partial charge < -0.3 is 4.84 Å². The van der Waals surface area contributed by atoms with Crippen LogP contribution in [0.5, 0.6) is 5.75 Å². The quantitative estimate of drug-likeness (QED) is 0.649. The van der Waals surface area contributed by atoms with Crippen LogP contribution in [-0.4, -0.2) is 0 Å². The first-order valence-corrected chi connectivity index (χ1v) is 8.88. The molecule has 0 bridgehead atoms. The summed E-state index contributed by atoms with van der Waals surface area (Å²) in [6.45, 7) is 0. The van der Waals surface area contributed by atoms with E-state index in [1.165, 1.54) is 10.5 Å². The van der Waals surface area contributed by atoms with Gasteiger partial charge in [-0.15, -0.1) is 11.8 Å². The van der Waals surface area contributed by atoms with E-state index in [1.807, 2.05) is 42.1 Å². The van der Waals surface area contributed by atoms with Crippen LogP contribution in [0.4, 0.5) is 0 Å². The first-order valence-electron chi connectivity index (χ1n) is 7.89. The fraction of sp³-hybridized carbons (Fsp3) is 0.0476. The summed E-state index contributed by atoms with van der Waals surface area (Å²) < 4.78 is 0. The molecule has 0 unspecified atom stereocenters. The van der Waals surface area contributed by atoms with E-state index in [2.05, 4.69) is 60.1 Å². The summed E-state index contributed by atoms with van der Waals surface area (Å²) in [6, 6.07) is 27.1. The lowest BCUT2D eigenvalue weighted by molar-refractivity contribution is 0.249. The minimum absolute atomic E-state index is 0.860. The third-order valence-electron chi connectivity index (χ3n) is 3.89. The highest BCUT2D eigenvalue weighted by Crippen LogP contribution is 2.32. The van der Waals surface area contributed by atoms with Crippen molar-refractivity contribution in [1.29, 1.82) is 0 Å². The van der Waals surface area contributed by atoms with E-state index in [0.29, 0.717) is 0 Å². The van der Waals surface area contributed by atoms with Gasteiger partial charge in [0.15, 0.2) is 5.75 Å². The summed E-state index contributed by atoms with van der Waals surface area (Å²) in [6.07, 6.45) is 2.14. The maximum Gasteiger partial charge on any atom is 0.162 e. The highest BCUT2D eigenvalue weighted by Gasteiger charge is 2.13. The van der Waals surface area contributed by atoms with Crippen molar-refractivity contribution in [3.05, 3.63) is 95.6 Å². The lowest BCUT2D eigenvalue weighted by Gasteiger charge is -2.19. The smallest absolute Gasteiger partial charge is 0.162 e. The molecule has 1 aliphatic rings. The lowest BCUT2D eigenvalue weighted by atomic mass is 10.1. The maximum atomic E-state index is 5.68. The minimum atomic E-state index is 0.860. The van der Waals surface area contributed by atoms with Crippen molar-refractivity contribution in [2.75, 3.05) is 0 Å². The molecule has 0 aliphatic carbocycles. The van der Waals surface area contributed by atoms with Crippen molar-refractivity contribution in [3.63, 3.8) is 0 Å². The molecule has 0 amide bonds. The zero-order chi connectivity index (χ0) is 16.2. The molecule has 3 heteroatoms. The van der Waals surface area contributed by atoms with Crippen LogP contribution in [0, 0.1) is 0 Å². The molecule has 24 heavy (non-hydrogen) atoms. The van der Waals surface area contributed by atoms with E-state index in [4.69, 9.17) is 4.84 Å². The maximum absolute atomic E-state index is 5.68. The number of fused-ring (bicyclic) bond motifs is 1. The molecule has 4 rings (SSSR count). The van der Waals surface area contributed by atoms with Crippen molar-refractivity contribution < 1.29 is 4.84 Å². The summed E-state index contributed by atoms with van der Waals surface area (Å²) in [5.41, 5.74) is 7.55. The lowest BCUT2D eigenvalue weighted by Crippen LogP contribution is -2.20. The van der Waals surface area contributed by atoms with Crippen molar-refractivity contribution in [3.8, 4) is 5.75 Å². The molecule has 0 saturated heterocycles. The van der Waals surface area contributed by atoms with Gasteiger partial charge in [-0.3, -0.25) is 0 Å². The van der Waals surface area contributed by atoms with E-state index >= 15 is 0 Å². The molecular formula is C21H17NOS. The van der Waals surface area contributed by atoms with Crippen LogP contribution in [-0.2, 0) is 5.75 Å². The van der Waals surface area contributed by atoms with Gasteiger partial charge in [-0.2, -0.15) is 0 Å². The number of hydrogen-bond donors (Lipinski definition) is 1. The molecular weight excluding hydrogens is 314 g/mol. The largest absolute Gasteiger partial charge is 0.382 e. The van der Waals surface area contributed by atoms with E-state index in [1.54, 1.807) is 0 Å². The predicted molar refractivity (Wildman–Crippen MR) is 101 cm³/mol. The Morgan fingerprint density at radius 1 is 0.833 bits per heavy atom. The fourth-order valence-electron chi connectivity index (χ4n) is 2.62. The molecule has 1 N–H and O–H groups in total. The molecule has 1 aliphatic heterocycles. The Labute approximate surface area is 146 Å². The van der Waals surface area contributed by atoms with Crippen LogP contribution >= 0.6 is 11.8 Å². The fourth-order valence-corrected chi connectivity index (χ4v) is 3.52. The number of thioether (sulfide) groups is 1. The van der Waals surface area contributed by atoms with Gasteiger partial charge in [0, 0.05) is 21.8 Å². The average molecular weight is 331 g/mol. The Kier molecular flexibility index (Phi) is 4.26. The number of benzene rings is 3. The van der Waals surface area contributed by atoms with Gasteiger partial charge >= 0.3 is 0 Å². The second kappa shape index (κ2) is 6.85. The summed E-state index contributed by atoms with van der Waals surface area (Å²) in [5.74, 6) is 1.83. The van der Waals surface area contributed by atoms with Crippen LogP contribution in [0.3, 0.4) is 0 Å². The van der Waals surface area contributed by atoms with Crippen LogP contribution in [0.2, 0.25) is 0 Å². The Balaban J connectivity index is 1.56. The summed E-state index contributed by atoms with van der Waals surface area (Å²) >= 11 is 1.84. The van der Waals surface area contributed by atoms with Gasteiger partial charge in [0.2, 0.25) is 0 Å². The van der Waals surface area contributed by atoms with E-state index in [0.717, 1.165) is 28.3 Å². The third kappa shape index (κ3) is 3.31. The van der Waals surface area contributed by atoms with Crippen LogP contribution in [0.15, 0.2) is 83.8 Å². The standard InChI is InChI=1S/C21H17NOS/c1-3-7-16(8-4-1)15-24-19-11-12-21-18(13-19)14-20(22-23-21)17-9-5-2-6-10-17/h1-14,22H,15H2. The molecule has 3 aromatic carbocycles. The molecule has 1 heterocycles. The molecule has 0 fully saturated rings. The number of nitrogens with one attached hydrogen (secondary N) is 1. The van der Waals surface area contributed by atoms with Crippen LogP contribution in [0.1, 0.15) is 16.7 Å². The van der Waals surface area contributed by atoms with E-state index in [-0.39, 0.29) is 0 Å². The Morgan fingerprint density at radius 2 is 1.58 bits per heavy atom. The van der Waals surface area contributed by atoms with Gasteiger partial charge in [0.1, 0.15) is 0 Å². The molecule has 118 valence electrons. The van der Waals surface area contributed by atoms with Crippen LogP contribution < -0.4 is 10.3 Å². The van der Waals surface area contributed by atoms with E-state index < -0.39 is 0 Å². The zero-order valence-corrected chi connectivity index (χ0v) is 13.9. The number of rotatable bonds is 4. The van der Waals surface area contributed by atoms with Crippen molar-refractivity contribution >= 4 is 23.5 Å². The SMILES string of the molecule is C1=C(c2ccccc2)NOc2ccc(SCc3ccccc3)cc21. The van der Waals surface area contributed by atoms with Crippen molar-refractivity contribution in [2.45, 2.75) is 10.6 Å². The third-order valence-corrected chi connectivity index (χ3v) is 4.95. The molecule has 0 atom stereocenters. The monoisotopic (exact) mass is 331 g/mol. The molecule has 0 saturated carbocycles. The molecule has 0 spiro atoms. The Hall–Kier alpha value is -2.65. The normalized spacial score (nSPS) is 12.6. The molecule has 0 aromatic heterocycles. The van der Waals surface area contributed by atoms with Gasteiger partial charge in [-0.1, -0.05) is 60.7 Å². The van der Waals surface area contributed by atoms with Gasteiger partial charge in [0.25, 0.3) is 0 Å². The first kappa shape index (κ1) is 14.9. The minimum Gasteiger partial charge on any atom is -0.382 e. The van der Waals surface area contributed by atoms with Crippen LogP contribution in [0.25, 0.3) is 11.8 Å². The predicted octanol–water partition coefficient (Wildman–Crippen LogP) is 5.37. The summed E-state index contributed by atoms with van der Waals surface area (Å²) in [4.78, 5) is 6.92. The molecule has 3 aromatic rings. The van der Waals surface area contributed by atoms with Gasteiger partial charge in [-0.05, 0) is 29.8 Å². The van der Waals surface area contributed by atoms with Gasteiger partial charge in [0.05, 0.1) is 5.70 Å². The summed E-state index contributed by atoms with van der Waals surface area (Å²) in [7, 11) is 0. The second-order valence-electron chi connectivity index (χ2n) is 5.60. The number of hydroxylamine groups is 1. The number of hydrogen-bond acceptors (Lipinski definition) is 3.